The number of carbonyl (C=O) groups is 1. The first-order valence-electron chi connectivity index (χ1n) is 8.03. The Morgan fingerprint density at radius 2 is 2.00 bits per heavy atom. The number of likely N-dealkylation sites (N-methyl/N-ethyl adjacent to an activating group) is 1. The summed E-state index contributed by atoms with van der Waals surface area (Å²) >= 11 is 0. The number of nitrogens with zero attached hydrogens (tertiary/aromatic N) is 2. The van der Waals surface area contributed by atoms with Gasteiger partial charge >= 0.3 is 0 Å². The molecular formula is C16H22N4O3. The third-order valence-electron chi connectivity index (χ3n) is 4.71. The van der Waals surface area contributed by atoms with Crippen molar-refractivity contribution in [1.29, 1.82) is 0 Å². The van der Waals surface area contributed by atoms with Crippen LogP contribution >= 0.6 is 0 Å². The number of nitrogens with one attached hydrogen (secondary N) is 2. The first-order chi connectivity index (χ1) is 11.0. The van der Waals surface area contributed by atoms with E-state index in [0.29, 0.717) is 17.8 Å². The minimum Gasteiger partial charge on any atom is -0.360 e. The van der Waals surface area contributed by atoms with E-state index >= 15 is 0 Å². The molecule has 124 valence electrons. The summed E-state index contributed by atoms with van der Waals surface area (Å²) in [5.74, 6) is -0.0862. The molecule has 2 atom stereocenters. The van der Waals surface area contributed by atoms with Crippen LogP contribution in [0.3, 0.4) is 0 Å². The lowest BCUT2D eigenvalue weighted by Gasteiger charge is -2.30. The summed E-state index contributed by atoms with van der Waals surface area (Å²) < 4.78 is 0. The van der Waals surface area contributed by atoms with Gasteiger partial charge in [0.25, 0.3) is 5.69 Å². The van der Waals surface area contributed by atoms with Crippen LogP contribution in [-0.2, 0) is 4.79 Å². The zero-order valence-electron chi connectivity index (χ0n) is 13.2. The monoisotopic (exact) mass is 318 g/mol. The van der Waals surface area contributed by atoms with Gasteiger partial charge in [0.1, 0.15) is 5.69 Å². The fourth-order valence-electron chi connectivity index (χ4n) is 3.69. The lowest BCUT2D eigenvalue weighted by atomic mass is 10.00. The van der Waals surface area contributed by atoms with E-state index in [1.165, 1.54) is 18.9 Å². The van der Waals surface area contributed by atoms with E-state index < -0.39 is 4.92 Å². The standard InChI is InChI=1S/C16H22N4O3/c1-19(14-4-2-3-5-15(14)20(22)23)10-16(21)18-13-8-11-6-7-12(9-13)17-11/h2-5,11-13,17H,6-10H2,1H3,(H,18,21). The number of benzene rings is 1. The van der Waals surface area contributed by atoms with Gasteiger partial charge in [-0.05, 0) is 31.7 Å². The van der Waals surface area contributed by atoms with Crippen LogP contribution in [0.15, 0.2) is 24.3 Å². The Balaban J connectivity index is 1.58. The smallest absolute Gasteiger partial charge is 0.292 e. The average molecular weight is 318 g/mol. The van der Waals surface area contributed by atoms with Crippen LogP contribution in [0.5, 0.6) is 0 Å². The lowest BCUT2D eigenvalue weighted by Crippen LogP contribution is -2.49. The Morgan fingerprint density at radius 3 is 2.65 bits per heavy atom. The van der Waals surface area contributed by atoms with E-state index in [-0.39, 0.29) is 24.2 Å². The summed E-state index contributed by atoms with van der Waals surface area (Å²) in [4.78, 5) is 24.6. The second-order valence-electron chi connectivity index (χ2n) is 6.48. The molecule has 2 aliphatic heterocycles. The molecule has 2 N–H and O–H groups in total. The van der Waals surface area contributed by atoms with E-state index in [1.54, 1.807) is 30.1 Å². The Kier molecular flexibility index (Phi) is 4.47. The molecule has 2 unspecified atom stereocenters. The number of amides is 1. The number of anilines is 1. The molecule has 23 heavy (non-hydrogen) atoms. The van der Waals surface area contributed by atoms with Crippen LogP contribution in [-0.4, -0.2) is 42.5 Å². The Bertz CT molecular complexity index is 595. The van der Waals surface area contributed by atoms with Crippen molar-refractivity contribution in [2.24, 2.45) is 0 Å². The fourth-order valence-corrected chi connectivity index (χ4v) is 3.69. The molecule has 0 aromatic heterocycles. The van der Waals surface area contributed by atoms with Crippen molar-refractivity contribution in [3.8, 4) is 0 Å². The minimum absolute atomic E-state index is 0.0164. The minimum atomic E-state index is -0.422. The maximum absolute atomic E-state index is 12.3. The van der Waals surface area contributed by atoms with Gasteiger partial charge in [-0.25, -0.2) is 0 Å². The normalized spacial score (nSPS) is 25.9. The molecule has 0 radical (unpaired) electrons. The van der Waals surface area contributed by atoms with Gasteiger partial charge in [0.2, 0.25) is 5.91 Å². The molecule has 0 aliphatic carbocycles. The number of hydrogen-bond acceptors (Lipinski definition) is 5. The second-order valence-corrected chi connectivity index (χ2v) is 6.48. The van der Waals surface area contributed by atoms with Gasteiger partial charge in [-0.2, -0.15) is 0 Å². The highest BCUT2D eigenvalue weighted by molar-refractivity contribution is 5.82. The van der Waals surface area contributed by atoms with Crippen molar-refractivity contribution in [2.75, 3.05) is 18.5 Å². The van der Waals surface area contributed by atoms with Gasteiger partial charge in [0, 0.05) is 31.2 Å². The molecule has 2 bridgehead atoms. The summed E-state index contributed by atoms with van der Waals surface area (Å²) in [5.41, 5.74) is 0.473. The van der Waals surface area contributed by atoms with Crippen molar-refractivity contribution in [3.63, 3.8) is 0 Å². The Labute approximate surface area is 135 Å². The van der Waals surface area contributed by atoms with Crippen molar-refractivity contribution in [1.82, 2.24) is 10.6 Å². The van der Waals surface area contributed by atoms with Crippen molar-refractivity contribution < 1.29 is 9.72 Å². The molecule has 1 aromatic carbocycles. The van der Waals surface area contributed by atoms with Crippen LogP contribution < -0.4 is 15.5 Å². The van der Waals surface area contributed by atoms with Gasteiger partial charge in [0.05, 0.1) is 11.5 Å². The number of nitro groups is 1. The van der Waals surface area contributed by atoms with E-state index in [1.807, 2.05) is 0 Å². The van der Waals surface area contributed by atoms with Gasteiger partial charge < -0.3 is 15.5 Å². The number of carbonyl (C=O) groups excluding carboxylic acids is 1. The van der Waals surface area contributed by atoms with Crippen LogP contribution in [0.2, 0.25) is 0 Å². The molecule has 2 heterocycles. The molecule has 2 saturated heterocycles. The van der Waals surface area contributed by atoms with Crippen LogP contribution in [0.4, 0.5) is 11.4 Å². The van der Waals surface area contributed by atoms with Crippen molar-refractivity contribution >= 4 is 17.3 Å². The topological polar surface area (TPSA) is 87.5 Å². The maximum Gasteiger partial charge on any atom is 0.292 e. The maximum atomic E-state index is 12.3. The van der Waals surface area contributed by atoms with E-state index in [0.717, 1.165) is 12.8 Å². The number of fused-ring (bicyclic) bond motifs is 2. The molecule has 7 nitrogen and oxygen atoms in total. The molecule has 3 rings (SSSR count). The molecule has 7 heteroatoms. The van der Waals surface area contributed by atoms with Gasteiger partial charge in [-0.3, -0.25) is 14.9 Å². The zero-order chi connectivity index (χ0) is 16.4. The van der Waals surface area contributed by atoms with Crippen LogP contribution in [0.25, 0.3) is 0 Å². The lowest BCUT2D eigenvalue weighted by molar-refractivity contribution is -0.384. The quantitative estimate of drug-likeness (QED) is 0.633. The van der Waals surface area contributed by atoms with Crippen molar-refractivity contribution in [3.05, 3.63) is 34.4 Å². The number of piperidine rings is 1. The zero-order valence-corrected chi connectivity index (χ0v) is 13.2. The summed E-state index contributed by atoms with van der Waals surface area (Å²) in [6, 6.07) is 7.73. The predicted octanol–water partition coefficient (Wildman–Crippen LogP) is 1.43. The highest BCUT2D eigenvalue weighted by Crippen LogP contribution is 2.28. The molecule has 1 amide bonds. The first-order valence-corrected chi connectivity index (χ1v) is 8.03. The molecule has 0 spiro atoms. The summed E-state index contributed by atoms with van der Waals surface area (Å²) in [5, 5.41) is 17.7. The number of nitro benzene ring substituents is 1. The number of rotatable bonds is 5. The third kappa shape index (κ3) is 3.61. The number of hydrogen-bond donors (Lipinski definition) is 2. The summed E-state index contributed by atoms with van der Waals surface area (Å²) in [7, 11) is 1.70. The van der Waals surface area contributed by atoms with E-state index in [2.05, 4.69) is 10.6 Å². The molecule has 2 aliphatic rings. The highest BCUT2D eigenvalue weighted by atomic mass is 16.6. The third-order valence-corrected chi connectivity index (χ3v) is 4.71. The summed E-state index contributed by atoms with van der Waals surface area (Å²) in [6.07, 6.45) is 4.31. The average Bonchev–Trinajstić information content (AvgIpc) is 2.85. The van der Waals surface area contributed by atoms with Crippen molar-refractivity contribution in [2.45, 2.75) is 43.8 Å². The number of para-hydroxylation sites is 2. The largest absolute Gasteiger partial charge is 0.360 e. The Morgan fingerprint density at radius 1 is 1.35 bits per heavy atom. The van der Waals surface area contributed by atoms with Gasteiger partial charge in [-0.1, -0.05) is 12.1 Å². The molecular weight excluding hydrogens is 296 g/mol. The predicted molar refractivity (Wildman–Crippen MR) is 87.5 cm³/mol. The molecule has 2 fully saturated rings. The summed E-state index contributed by atoms with van der Waals surface area (Å²) in [6.45, 7) is 0.115. The van der Waals surface area contributed by atoms with Crippen LogP contribution in [0, 0.1) is 10.1 Å². The van der Waals surface area contributed by atoms with Gasteiger partial charge in [-0.15, -0.1) is 0 Å². The van der Waals surface area contributed by atoms with E-state index in [4.69, 9.17) is 0 Å². The Hall–Kier alpha value is -2.15. The highest BCUT2D eigenvalue weighted by Gasteiger charge is 2.34. The molecule has 1 aromatic rings. The van der Waals surface area contributed by atoms with Gasteiger partial charge in [0.15, 0.2) is 0 Å². The van der Waals surface area contributed by atoms with Crippen LogP contribution in [0.1, 0.15) is 25.7 Å². The SMILES string of the molecule is CN(CC(=O)NC1CC2CCC(C1)N2)c1ccccc1[N+](=O)[O-]. The molecule has 0 saturated carbocycles. The fraction of sp³-hybridized carbons (Fsp3) is 0.562. The second kappa shape index (κ2) is 6.54. The van der Waals surface area contributed by atoms with E-state index in [9.17, 15) is 14.9 Å². The first kappa shape index (κ1) is 15.7.